The predicted octanol–water partition coefficient (Wildman–Crippen LogP) is 1.83. The molecule has 0 unspecified atom stereocenters. The zero-order valence-corrected chi connectivity index (χ0v) is 11.0. The molecule has 0 bridgehead atoms. The number of hydrogen-bond acceptors (Lipinski definition) is 5. The third-order valence-electron chi connectivity index (χ3n) is 1.86. The molecule has 0 spiro atoms. The van der Waals surface area contributed by atoms with Gasteiger partial charge in [0.1, 0.15) is 0 Å². The van der Waals surface area contributed by atoms with Crippen LogP contribution in [-0.2, 0) is 16.1 Å². The van der Waals surface area contributed by atoms with Crippen LogP contribution in [-0.4, -0.2) is 35.5 Å². The second-order valence-electron chi connectivity index (χ2n) is 4.07. The van der Waals surface area contributed by atoms with E-state index >= 15 is 0 Å². The van der Waals surface area contributed by atoms with Gasteiger partial charge in [0.15, 0.2) is 0 Å². The summed E-state index contributed by atoms with van der Waals surface area (Å²) < 4.78 is 5.07. The van der Waals surface area contributed by atoms with E-state index in [1.165, 1.54) is 0 Å². The highest BCUT2D eigenvalue weighted by molar-refractivity contribution is 7.09. The minimum atomic E-state index is -0.190. The summed E-state index contributed by atoms with van der Waals surface area (Å²) in [5.41, 5.74) is 1.00. The maximum absolute atomic E-state index is 11.4. The van der Waals surface area contributed by atoms with Gasteiger partial charge in [0.05, 0.1) is 23.4 Å². The number of aryl methyl sites for hydroxylation is 1. The van der Waals surface area contributed by atoms with Crippen LogP contribution in [0.1, 0.15) is 24.5 Å². The number of aromatic nitrogens is 1. The van der Waals surface area contributed by atoms with Crippen molar-refractivity contribution < 1.29 is 9.53 Å². The lowest BCUT2D eigenvalue weighted by atomic mass is 10.4. The molecule has 0 aliphatic rings. The summed E-state index contributed by atoms with van der Waals surface area (Å²) in [4.78, 5) is 17.6. The molecule has 16 heavy (non-hydrogen) atoms. The summed E-state index contributed by atoms with van der Waals surface area (Å²) in [7, 11) is 1.89. The van der Waals surface area contributed by atoms with E-state index in [1.54, 1.807) is 11.3 Å². The Kier molecular flexibility index (Phi) is 4.89. The molecule has 0 N–H and O–H groups in total. The SMILES string of the molecule is Cc1nc(CN(C)CC(=O)OC(C)C)cs1. The van der Waals surface area contributed by atoms with E-state index in [-0.39, 0.29) is 12.1 Å². The fourth-order valence-electron chi connectivity index (χ4n) is 1.33. The van der Waals surface area contributed by atoms with Crippen molar-refractivity contribution in [3.63, 3.8) is 0 Å². The lowest BCUT2D eigenvalue weighted by molar-refractivity contribution is -0.148. The summed E-state index contributed by atoms with van der Waals surface area (Å²) >= 11 is 1.62. The molecule has 90 valence electrons. The van der Waals surface area contributed by atoms with Crippen molar-refractivity contribution in [1.82, 2.24) is 9.88 Å². The van der Waals surface area contributed by atoms with E-state index in [9.17, 15) is 4.79 Å². The molecule has 0 aliphatic heterocycles. The van der Waals surface area contributed by atoms with Crippen LogP contribution >= 0.6 is 11.3 Å². The fourth-order valence-corrected chi connectivity index (χ4v) is 1.94. The Labute approximate surface area is 100 Å². The van der Waals surface area contributed by atoms with Crippen LogP contribution in [0.5, 0.6) is 0 Å². The van der Waals surface area contributed by atoms with Crippen molar-refractivity contribution in [2.75, 3.05) is 13.6 Å². The van der Waals surface area contributed by atoms with Gasteiger partial charge in [0.25, 0.3) is 0 Å². The van der Waals surface area contributed by atoms with Crippen molar-refractivity contribution in [3.05, 3.63) is 16.1 Å². The van der Waals surface area contributed by atoms with Crippen molar-refractivity contribution in [1.29, 1.82) is 0 Å². The average Bonchev–Trinajstić information content (AvgIpc) is 2.48. The lowest BCUT2D eigenvalue weighted by Gasteiger charge is -2.15. The van der Waals surface area contributed by atoms with Crippen molar-refractivity contribution in [3.8, 4) is 0 Å². The van der Waals surface area contributed by atoms with Crippen LogP contribution in [0.2, 0.25) is 0 Å². The molecular formula is C11H18N2O2S. The molecule has 0 atom stereocenters. The summed E-state index contributed by atoms with van der Waals surface area (Å²) in [5.74, 6) is -0.190. The van der Waals surface area contributed by atoms with Crippen LogP contribution < -0.4 is 0 Å². The number of nitrogens with zero attached hydrogens (tertiary/aromatic N) is 2. The van der Waals surface area contributed by atoms with Crippen molar-refractivity contribution >= 4 is 17.3 Å². The van der Waals surface area contributed by atoms with Crippen LogP contribution in [0, 0.1) is 6.92 Å². The van der Waals surface area contributed by atoms with E-state index in [1.807, 2.05) is 38.1 Å². The maximum Gasteiger partial charge on any atom is 0.320 e. The summed E-state index contributed by atoms with van der Waals surface area (Å²) in [6, 6.07) is 0. The molecule has 0 saturated heterocycles. The Bertz CT molecular complexity index is 350. The number of likely N-dealkylation sites (N-methyl/N-ethyl adjacent to an activating group) is 1. The first-order valence-electron chi connectivity index (χ1n) is 5.26. The predicted molar refractivity (Wildman–Crippen MR) is 64.4 cm³/mol. The van der Waals surface area contributed by atoms with E-state index in [0.29, 0.717) is 13.1 Å². The smallest absolute Gasteiger partial charge is 0.320 e. The quantitative estimate of drug-likeness (QED) is 0.739. The number of ether oxygens (including phenoxy) is 1. The van der Waals surface area contributed by atoms with Gasteiger partial charge in [-0.25, -0.2) is 4.98 Å². The van der Waals surface area contributed by atoms with Crippen LogP contribution in [0.4, 0.5) is 0 Å². The topological polar surface area (TPSA) is 42.4 Å². The minimum Gasteiger partial charge on any atom is -0.462 e. The van der Waals surface area contributed by atoms with Gasteiger partial charge >= 0.3 is 5.97 Å². The first-order valence-corrected chi connectivity index (χ1v) is 6.14. The molecule has 4 nitrogen and oxygen atoms in total. The van der Waals surface area contributed by atoms with E-state index in [2.05, 4.69) is 4.98 Å². The molecule has 0 saturated carbocycles. The Morgan fingerprint density at radius 1 is 1.62 bits per heavy atom. The first-order chi connectivity index (χ1) is 7.47. The Balaban J connectivity index is 2.35. The van der Waals surface area contributed by atoms with Gasteiger partial charge in [-0.2, -0.15) is 0 Å². The van der Waals surface area contributed by atoms with E-state index in [0.717, 1.165) is 10.7 Å². The highest BCUT2D eigenvalue weighted by atomic mass is 32.1. The third kappa shape index (κ3) is 4.72. The van der Waals surface area contributed by atoms with Gasteiger partial charge in [-0.1, -0.05) is 0 Å². The van der Waals surface area contributed by atoms with Crippen LogP contribution in [0.15, 0.2) is 5.38 Å². The largest absolute Gasteiger partial charge is 0.462 e. The van der Waals surface area contributed by atoms with Gasteiger partial charge in [0, 0.05) is 11.9 Å². The molecule has 0 fully saturated rings. The standard InChI is InChI=1S/C11H18N2O2S/c1-8(2)15-11(14)6-13(4)5-10-7-16-9(3)12-10/h7-8H,5-6H2,1-4H3. The Morgan fingerprint density at radius 3 is 2.81 bits per heavy atom. The fraction of sp³-hybridized carbons (Fsp3) is 0.636. The van der Waals surface area contributed by atoms with Gasteiger partial charge in [-0.15, -0.1) is 11.3 Å². The molecule has 1 aromatic heterocycles. The number of rotatable bonds is 5. The van der Waals surface area contributed by atoms with Crippen molar-refractivity contribution in [2.45, 2.75) is 33.4 Å². The molecule has 1 heterocycles. The summed E-state index contributed by atoms with van der Waals surface area (Å²) in [6.07, 6.45) is -0.0533. The van der Waals surface area contributed by atoms with E-state index < -0.39 is 0 Å². The highest BCUT2D eigenvalue weighted by Crippen LogP contribution is 2.09. The number of carbonyl (C=O) groups is 1. The normalized spacial score (nSPS) is 11.1. The summed E-state index contributed by atoms with van der Waals surface area (Å²) in [6.45, 7) is 6.65. The lowest BCUT2D eigenvalue weighted by Crippen LogP contribution is -2.28. The molecule has 5 heteroatoms. The zero-order valence-electron chi connectivity index (χ0n) is 10.2. The molecular weight excluding hydrogens is 224 g/mol. The molecule has 0 aromatic carbocycles. The zero-order chi connectivity index (χ0) is 12.1. The second-order valence-corrected chi connectivity index (χ2v) is 5.13. The minimum absolute atomic E-state index is 0.0533. The summed E-state index contributed by atoms with van der Waals surface area (Å²) in [5, 5.41) is 3.06. The van der Waals surface area contributed by atoms with Gasteiger partial charge in [0.2, 0.25) is 0 Å². The maximum atomic E-state index is 11.4. The average molecular weight is 242 g/mol. The molecule has 1 aromatic rings. The van der Waals surface area contributed by atoms with Gasteiger partial charge in [-0.3, -0.25) is 9.69 Å². The monoisotopic (exact) mass is 242 g/mol. The number of carbonyl (C=O) groups excluding carboxylic acids is 1. The van der Waals surface area contributed by atoms with Crippen molar-refractivity contribution in [2.24, 2.45) is 0 Å². The first kappa shape index (κ1) is 13.1. The second kappa shape index (κ2) is 5.96. The third-order valence-corrected chi connectivity index (χ3v) is 2.69. The highest BCUT2D eigenvalue weighted by Gasteiger charge is 2.10. The number of thiazole rings is 1. The van der Waals surface area contributed by atoms with Crippen LogP contribution in [0.3, 0.4) is 0 Å². The van der Waals surface area contributed by atoms with Crippen LogP contribution in [0.25, 0.3) is 0 Å². The van der Waals surface area contributed by atoms with Gasteiger partial charge < -0.3 is 4.74 Å². The Morgan fingerprint density at radius 2 is 2.31 bits per heavy atom. The molecule has 0 radical (unpaired) electrons. The number of esters is 1. The van der Waals surface area contributed by atoms with Gasteiger partial charge in [-0.05, 0) is 27.8 Å². The number of hydrogen-bond donors (Lipinski definition) is 0. The Hall–Kier alpha value is -0.940. The molecule has 1 rings (SSSR count). The molecule has 0 amide bonds. The van der Waals surface area contributed by atoms with E-state index in [4.69, 9.17) is 4.74 Å². The molecule has 0 aliphatic carbocycles.